The summed E-state index contributed by atoms with van der Waals surface area (Å²) in [5.74, 6) is 0. The summed E-state index contributed by atoms with van der Waals surface area (Å²) in [5, 5.41) is 9.78. The summed E-state index contributed by atoms with van der Waals surface area (Å²) in [6.07, 6.45) is 6.46. The maximum Gasteiger partial charge on any atom is 0.135 e. The average molecular weight is 831 g/mol. The molecule has 0 N–H and O–H groups in total. The molecule has 0 fully saturated rings. The Morgan fingerprint density at radius 1 is 0.385 bits per heavy atom. The molecule has 3 nitrogen and oxygen atoms in total. The molecule has 2 aromatic heterocycles. The second kappa shape index (κ2) is 15.1. The first-order valence-corrected chi connectivity index (χ1v) is 22.5. The fraction of sp³-hybridized carbons (Fsp3) is 0.0323. The zero-order valence-electron chi connectivity index (χ0n) is 35.7. The van der Waals surface area contributed by atoms with Crippen LogP contribution in [0.15, 0.2) is 241 Å². The van der Waals surface area contributed by atoms with Gasteiger partial charge in [0.05, 0.1) is 16.7 Å². The predicted molar refractivity (Wildman–Crippen MR) is 274 cm³/mol. The summed E-state index contributed by atoms with van der Waals surface area (Å²) in [6, 6.07) is 79.5. The van der Waals surface area contributed by atoms with Gasteiger partial charge in [-0.3, -0.25) is 0 Å². The van der Waals surface area contributed by atoms with E-state index in [0.717, 1.165) is 46.2 Å². The Bertz CT molecular complexity index is 3850. The highest BCUT2D eigenvalue weighted by atomic mass is 16.3. The van der Waals surface area contributed by atoms with Crippen LogP contribution in [0.2, 0.25) is 0 Å². The Hall–Kier alpha value is -8.40. The molecule has 0 unspecified atom stereocenters. The van der Waals surface area contributed by atoms with Gasteiger partial charge in [-0.05, 0) is 129 Å². The first-order chi connectivity index (χ1) is 32.2. The molecule has 0 saturated heterocycles. The van der Waals surface area contributed by atoms with Crippen molar-refractivity contribution < 1.29 is 4.42 Å². The maximum absolute atomic E-state index is 6.39. The monoisotopic (exact) mass is 830 g/mol. The number of hydrogen-bond acceptors (Lipinski definition) is 2. The van der Waals surface area contributed by atoms with E-state index in [-0.39, 0.29) is 0 Å². The third-order valence-electron chi connectivity index (χ3n) is 13.5. The highest BCUT2D eigenvalue weighted by molar-refractivity contribution is 6.14. The van der Waals surface area contributed by atoms with E-state index in [0.29, 0.717) is 0 Å². The number of para-hydroxylation sites is 3. The van der Waals surface area contributed by atoms with Crippen LogP contribution in [0, 0.1) is 0 Å². The molecule has 0 amide bonds. The zero-order valence-corrected chi connectivity index (χ0v) is 35.7. The predicted octanol–water partition coefficient (Wildman–Crippen LogP) is 17.2. The summed E-state index contributed by atoms with van der Waals surface area (Å²) in [6.45, 7) is 0. The van der Waals surface area contributed by atoms with Crippen LogP contribution in [-0.4, -0.2) is 4.57 Å². The van der Waals surface area contributed by atoms with E-state index >= 15 is 0 Å². The molecule has 13 rings (SSSR count). The Kier molecular flexibility index (Phi) is 8.67. The summed E-state index contributed by atoms with van der Waals surface area (Å²) >= 11 is 0. The van der Waals surface area contributed by atoms with Gasteiger partial charge < -0.3 is 13.9 Å². The van der Waals surface area contributed by atoms with Crippen molar-refractivity contribution in [2.75, 3.05) is 4.90 Å². The lowest BCUT2D eigenvalue weighted by molar-refractivity contribution is 0.669. The number of furan rings is 1. The van der Waals surface area contributed by atoms with Gasteiger partial charge in [0, 0.05) is 44.2 Å². The van der Waals surface area contributed by atoms with E-state index in [1.165, 1.54) is 88.1 Å². The summed E-state index contributed by atoms with van der Waals surface area (Å²) in [5.41, 5.74) is 16.2. The molecule has 10 aromatic carbocycles. The molecular weight excluding hydrogens is 789 g/mol. The molecule has 12 aromatic rings. The number of hydrogen-bond donors (Lipinski definition) is 0. The van der Waals surface area contributed by atoms with Crippen LogP contribution in [0.5, 0.6) is 0 Å². The number of rotatable bonds is 7. The van der Waals surface area contributed by atoms with Crippen LogP contribution < -0.4 is 4.90 Å². The minimum Gasteiger partial charge on any atom is -0.456 e. The first kappa shape index (κ1) is 37.2. The SMILES string of the molecule is C1=C(c2cccc(-n3c4ccccc4c4ccccc43)c2)CCC(N(c2ccc3oc4ccccc4c3c2)c2cc(-c3cc4ccccc4c4ccccc34)ccc2-c2ccccc2)=C1. The lowest BCUT2D eigenvalue weighted by Gasteiger charge is -2.32. The average Bonchev–Trinajstić information content (AvgIpc) is 3.92. The molecule has 0 radical (unpaired) electrons. The van der Waals surface area contributed by atoms with Crippen molar-refractivity contribution in [1.82, 2.24) is 4.57 Å². The van der Waals surface area contributed by atoms with Gasteiger partial charge in [-0.25, -0.2) is 0 Å². The Morgan fingerprint density at radius 2 is 1.05 bits per heavy atom. The van der Waals surface area contributed by atoms with Crippen LogP contribution in [0.25, 0.3) is 98.8 Å². The van der Waals surface area contributed by atoms with Crippen molar-refractivity contribution in [1.29, 1.82) is 0 Å². The fourth-order valence-electron chi connectivity index (χ4n) is 10.5. The third-order valence-corrected chi connectivity index (χ3v) is 13.5. The molecule has 306 valence electrons. The minimum absolute atomic E-state index is 0.854. The molecule has 1 aliphatic carbocycles. The number of fused-ring (bicyclic) bond motifs is 9. The molecule has 3 heteroatoms. The first-order valence-electron chi connectivity index (χ1n) is 22.5. The van der Waals surface area contributed by atoms with Crippen molar-refractivity contribution in [3.8, 4) is 27.9 Å². The van der Waals surface area contributed by atoms with E-state index in [1.807, 2.05) is 6.07 Å². The Balaban J connectivity index is 1.00. The van der Waals surface area contributed by atoms with Gasteiger partial charge in [-0.2, -0.15) is 0 Å². The molecule has 1 aliphatic rings. The lowest BCUT2D eigenvalue weighted by Crippen LogP contribution is -2.19. The summed E-state index contributed by atoms with van der Waals surface area (Å²) < 4.78 is 8.80. The quantitative estimate of drug-likeness (QED) is 0.149. The van der Waals surface area contributed by atoms with Gasteiger partial charge in [0.1, 0.15) is 11.2 Å². The minimum atomic E-state index is 0.854. The molecule has 0 aliphatic heterocycles. The molecule has 0 saturated carbocycles. The van der Waals surface area contributed by atoms with Gasteiger partial charge in [-0.15, -0.1) is 0 Å². The van der Waals surface area contributed by atoms with Crippen molar-refractivity contribution in [3.63, 3.8) is 0 Å². The lowest BCUT2D eigenvalue weighted by atomic mass is 9.90. The van der Waals surface area contributed by atoms with Crippen LogP contribution in [0.1, 0.15) is 18.4 Å². The zero-order chi connectivity index (χ0) is 42.8. The van der Waals surface area contributed by atoms with Crippen molar-refractivity contribution in [2.45, 2.75) is 12.8 Å². The van der Waals surface area contributed by atoms with Gasteiger partial charge >= 0.3 is 0 Å². The molecule has 0 bridgehead atoms. The topological polar surface area (TPSA) is 21.3 Å². The smallest absolute Gasteiger partial charge is 0.135 e. The van der Waals surface area contributed by atoms with Crippen LogP contribution in [-0.2, 0) is 0 Å². The van der Waals surface area contributed by atoms with E-state index in [2.05, 4.69) is 234 Å². The van der Waals surface area contributed by atoms with Crippen molar-refractivity contribution >= 4 is 82.2 Å². The fourth-order valence-corrected chi connectivity index (χ4v) is 10.5. The molecule has 2 heterocycles. The molecule has 0 spiro atoms. The van der Waals surface area contributed by atoms with Crippen LogP contribution >= 0.6 is 0 Å². The van der Waals surface area contributed by atoms with E-state index in [9.17, 15) is 0 Å². The standard InChI is InChI=1S/C62H42N2O/c1-2-15-42(16-3-1)50-35-31-45(56-38-44-17-4-5-20-49(44)51-21-6-7-22-52(51)56)39-60(50)63(48-34-36-62-57(40-48)55-25-10-13-28-61(55)65-62)46-32-29-41(30-33-46)43-18-14-19-47(37-43)64-58-26-11-8-23-53(58)54-24-9-12-27-59(54)64/h1-29,31-32,34-40H,30,33H2. The van der Waals surface area contributed by atoms with Crippen molar-refractivity contribution in [3.05, 3.63) is 242 Å². The second-order valence-electron chi connectivity index (χ2n) is 17.2. The van der Waals surface area contributed by atoms with Gasteiger partial charge in [0.15, 0.2) is 0 Å². The van der Waals surface area contributed by atoms with Gasteiger partial charge in [0.25, 0.3) is 0 Å². The number of aromatic nitrogens is 1. The summed E-state index contributed by atoms with van der Waals surface area (Å²) in [7, 11) is 0. The number of nitrogens with zero attached hydrogens (tertiary/aromatic N) is 2. The second-order valence-corrected chi connectivity index (χ2v) is 17.2. The molecule has 65 heavy (non-hydrogen) atoms. The highest BCUT2D eigenvalue weighted by Gasteiger charge is 2.24. The van der Waals surface area contributed by atoms with Crippen molar-refractivity contribution in [2.24, 2.45) is 0 Å². The van der Waals surface area contributed by atoms with Crippen LogP contribution in [0.4, 0.5) is 11.4 Å². The normalized spacial score (nSPS) is 13.0. The number of anilines is 2. The van der Waals surface area contributed by atoms with Gasteiger partial charge in [-0.1, -0.05) is 164 Å². The third kappa shape index (κ3) is 6.19. The Morgan fingerprint density at radius 3 is 1.83 bits per heavy atom. The van der Waals surface area contributed by atoms with E-state index in [4.69, 9.17) is 4.42 Å². The number of allylic oxidation sites excluding steroid dienone is 4. The van der Waals surface area contributed by atoms with Gasteiger partial charge in [0.2, 0.25) is 0 Å². The Labute approximate surface area is 377 Å². The van der Waals surface area contributed by atoms with E-state index in [1.54, 1.807) is 0 Å². The highest BCUT2D eigenvalue weighted by Crippen LogP contribution is 2.46. The van der Waals surface area contributed by atoms with E-state index < -0.39 is 0 Å². The molecular formula is C62H42N2O. The summed E-state index contributed by atoms with van der Waals surface area (Å²) in [4.78, 5) is 2.51. The molecule has 0 atom stereocenters. The largest absolute Gasteiger partial charge is 0.456 e. The number of benzene rings is 10. The van der Waals surface area contributed by atoms with Crippen LogP contribution in [0.3, 0.4) is 0 Å². The maximum atomic E-state index is 6.39.